The summed E-state index contributed by atoms with van der Waals surface area (Å²) < 4.78 is 31.9. The highest BCUT2D eigenvalue weighted by Crippen LogP contribution is 2.28. The Labute approximate surface area is 127 Å². The molecule has 9 heteroatoms. The number of hydrogen-bond acceptors (Lipinski definition) is 6. The molecule has 0 radical (unpaired) electrons. The smallest absolute Gasteiger partial charge is 0.267 e. The van der Waals surface area contributed by atoms with Crippen LogP contribution >= 0.6 is 11.6 Å². The number of sulfonamides is 1. The molecule has 0 bridgehead atoms. The topological polar surface area (TPSA) is 107 Å². The fraction of sp³-hybridized carbons (Fsp3) is 0.167. The highest BCUT2D eigenvalue weighted by atomic mass is 35.5. The Morgan fingerprint density at radius 2 is 2.05 bits per heavy atom. The van der Waals surface area contributed by atoms with Gasteiger partial charge in [-0.3, -0.25) is 0 Å². The van der Waals surface area contributed by atoms with Crippen molar-refractivity contribution >= 4 is 33.3 Å². The Hall–Kier alpha value is -2.06. The third kappa shape index (κ3) is 3.34. The number of nitrogens with zero attached hydrogens (tertiary/aromatic N) is 2. The van der Waals surface area contributed by atoms with E-state index in [9.17, 15) is 8.42 Å². The van der Waals surface area contributed by atoms with Gasteiger partial charge in [0.25, 0.3) is 10.0 Å². The van der Waals surface area contributed by atoms with Gasteiger partial charge in [0.1, 0.15) is 4.90 Å². The van der Waals surface area contributed by atoms with E-state index in [1.54, 1.807) is 19.1 Å². The number of nitrogens with one attached hydrogen (secondary N) is 1. The van der Waals surface area contributed by atoms with Crippen molar-refractivity contribution in [2.75, 3.05) is 17.6 Å². The molecule has 3 N–H and O–H groups in total. The molecule has 0 aliphatic carbocycles. The molecule has 7 nitrogen and oxygen atoms in total. The van der Waals surface area contributed by atoms with Gasteiger partial charge >= 0.3 is 0 Å². The number of aromatic nitrogens is 2. The lowest BCUT2D eigenvalue weighted by Gasteiger charge is -2.11. The molecular formula is C12H13ClN4O3S. The highest BCUT2D eigenvalue weighted by Gasteiger charge is 2.22. The summed E-state index contributed by atoms with van der Waals surface area (Å²) in [6.45, 7) is 1.69. The number of nitrogens with two attached hydrogens (primary N) is 1. The SMILES string of the molecule is COc1cc(C)nc(NS(=O)(=O)c2c(N)cccc2Cl)n1. The summed E-state index contributed by atoms with van der Waals surface area (Å²) in [5, 5.41) is 0.0159. The lowest BCUT2D eigenvalue weighted by Crippen LogP contribution is -2.17. The van der Waals surface area contributed by atoms with Crippen molar-refractivity contribution in [3.63, 3.8) is 0 Å². The van der Waals surface area contributed by atoms with Crippen LogP contribution in [0.15, 0.2) is 29.2 Å². The minimum absolute atomic E-state index is 0.0159. The minimum Gasteiger partial charge on any atom is -0.481 e. The van der Waals surface area contributed by atoms with Crippen molar-refractivity contribution in [1.82, 2.24) is 9.97 Å². The first-order valence-electron chi connectivity index (χ1n) is 5.80. The molecule has 1 aromatic carbocycles. The first-order chi connectivity index (χ1) is 9.83. The molecule has 0 atom stereocenters. The van der Waals surface area contributed by atoms with E-state index in [1.165, 1.54) is 19.2 Å². The van der Waals surface area contributed by atoms with Crippen LogP contribution in [0.1, 0.15) is 5.69 Å². The molecule has 0 spiro atoms. The molecular weight excluding hydrogens is 316 g/mol. The number of anilines is 2. The molecule has 2 rings (SSSR count). The zero-order valence-corrected chi connectivity index (χ0v) is 12.9. The van der Waals surface area contributed by atoms with Gasteiger partial charge in [-0.25, -0.2) is 18.1 Å². The number of benzene rings is 1. The molecule has 0 fully saturated rings. The van der Waals surface area contributed by atoms with Gasteiger partial charge in [0.2, 0.25) is 11.8 Å². The van der Waals surface area contributed by atoms with Gasteiger partial charge in [-0.1, -0.05) is 17.7 Å². The first kappa shape index (κ1) is 15.3. The quantitative estimate of drug-likeness (QED) is 0.829. The summed E-state index contributed by atoms with van der Waals surface area (Å²) in [5.74, 6) is 0.124. The van der Waals surface area contributed by atoms with Crippen LogP contribution in [0.25, 0.3) is 0 Å². The molecule has 0 aliphatic heterocycles. The maximum Gasteiger partial charge on any atom is 0.267 e. The third-order valence-corrected chi connectivity index (χ3v) is 4.40. The summed E-state index contributed by atoms with van der Waals surface area (Å²) >= 11 is 5.91. The van der Waals surface area contributed by atoms with E-state index in [2.05, 4.69) is 14.7 Å². The van der Waals surface area contributed by atoms with Crippen molar-refractivity contribution in [3.8, 4) is 5.88 Å². The van der Waals surface area contributed by atoms with Gasteiger partial charge in [0, 0.05) is 11.8 Å². The second kappa shape index (κ2) is 5.74. The molecule has 0 saturated heterocycles. The zero-order valence-electron chi connectivity index (χ0n) is 11.3. The second-order valence-electron chi connectivity index (χ2n) is 4.14. The standard InChI is InChI=1S/C12H13ClN4O3S/c1-7-6-10(20-2)16-12(15-7)17-21(18,19)11-8(13)4-3-5-9(11)14/h3-6H,14H2,1-2H3,(H,15,16,17). The van der Waals surface area contributed by atoms with Gasteiger partial charge < -0.3 is 10.5 Å². The molecule has 0 amide bonds. The summed E-state index contributed by atoms with van der Waals surface area (Å²) in [7, 11) is -2.58. The summed E-state index contributed by atoms with van der Waals surface area (Å²) in [4.78, 5) is 7.69. The van der Waals surface area contributed by atoms with Crippen molar-refractivity contribution < 1.29 is 13.2 Å². The van der Waals surface area contributed by atoms with E-state index in [1.807, 2.05) is 0 Å². The lowest BCUT2D eigenvalue weighted by atomic mass is 10.3. The van der Waals surface area contributed by atoms with Gasteiger partial charge in [-0.05, 0) is 19.1 Å². The van der Waals surface area contributed by atoms with Gasteiger partial charge in [0.05, 0.1) is 17.8 Å². The van der Waals surface area contributed by atoms with E-state index in [0.717, 1.165) is 0 Å². The van der Waals surface area contributed by atoms with Gasteiger partial charge in [-0.2, -0.15) is 4.98 Å². The van der Waals surface area contributed by atoms with Crippen LogP contribution in [0.5, 0.6) is 5.88 Å². The highest BCUT2D eigenvalue weighted by molar-refractivity contribution is 7.93. The number of ether oxygens (including phenoxy) is 1. The van der Waals surface area contributed by atoms with Gasteiger partial charge in [0.15, 0.2) is 0 Å². The lowest BCUT2D eigenvalue weighted by molar-refractivity contribution is 0.397. The Balaban J connectivity index is 2.45. The van der Waals surface area contributed by atoms with Crippen LogP contribution in [0.2, 0.25) is 5.02 Å². The third-order valence-electron chi connectivity index (χ3n) is 2.53. The predicted molar refractivity (Wildman–Crippen MR) is 80.0 cm³/mol. The van der Waals surface area contributed by atoms with Crippen molar-refractivity contribution in [2.24, 2.45) is 0 Å². The second-order valence-corrected chi connectivity index (χ2v) is 6.17. The summed E-state index contributed by atoms with van der Waals surface area (Å²) in [6, 6.07) is 6.01. The number of aryl methyl sites for hydroxylation is 1. The maximum atomic E-state index is 12.4. The Kier molecular flexibility index (Phi) is 4.19. The predicted octanol–water partition coefficient (Wildman–Crippen LogP) is 1.83. The van der Waals surface area contributed by atoms with Gasteiger partial charge in [-0.15, -0.1) is 0 Å². The Morgan fingerprint density at radius 3 is 2.67 bits per heavy atom. The van der Waals surface area contributed by atoms with Crippen LogP contribution in [0.3, 0.4) is 0 Å². The zero-order chi connectivity index (χ0) is 15.6. The monoisotopic (exact) mass is 328 g/mol. The fourth-order valence-electron chi connectivity index (χ4n) is 1.67. The number of methoxy groups -OCH3 is 1. The molecule has 1 heterocycles. The van der Waals surface area contributed by atoms with E-state index >= 15 is 0 Å². The summed E-state index contributed by atoms with van der Waals surface area (Å²) in [6.07, 6.45) is 0. The van der Waals surface area contributed by atoms with Crippen molar-refractivity contribution in [1.29, 1.82) is 0 Å². The van der Waals surface area contributed by atoms with Crippen molar-refractivity contribution in [3.05, 3.63) is 35.0 Å². The van der Waals surface area contributed by atoms with Crippen LogP contribution in [0, 0.1) is 6.92 Å². The fourth-order valence-corrected chi connectivity index (χ4v) is 3.29. The van der Waals surface area contributed by atoms with Crippen molar-refractivity contribution in [2.45, 2.75) is 11.8 Å². The minimum atomic E-state index is -4.00. The molecule has 0 unspecified atom stereocenters. The van der Waals surface area contributed by atoms with Crippen LogP contribution in [-0.2, 0) is 10.0 Å². The molecule has 1 aromatic heterocycles. The Bertz CT molecular complexity index is 760. The number of halogens is 1. The summed E-state index contributed by atoms with van der Waals surface area (Å²) in [5.41, 5.74) is 6.26. The molecule has 0 saturated carbocycles. The Morgan fingerprint density at radius 1 is 1.33 bits per heavy atom. The first-order valence-corrected chi connectivity index (χ1v) is 7.66. The largest absolute Gasteiger partial charge is 0.481 e. The molecule has 0 aliphatic rings. The molecule has 112 valence electrons. The number of nitrogen functional groups attached to an aromatic ring is 1. The van der Waals surface area contributed by atoms with E-state index in [-0.39, 0.29) is 27.4 Å². The van der Waals surface area contributed by atoms with E-state index < -0.39 is 10.0 Å². The van der Waals surface area contributed by atoms with E-state index in [0.29, 0.717) is 5.69 Å². The van der Waals surface area contributed by atoms with Crippen LogP contribution < -0.4 is 15.2 Å². The van der Waals surface area contributed by atoms with Crippen LogP contribution in [0.4, 0.5) is 11.6 Å². The molecule has 21 heavy (non-hydrogen) atoms. The van der Waals surface area contributed by atoms with E-state index in [4.69, 9.17) is 22.1 Å². The number of rotatable bonds is 4. The van der Waals surface area contributed by atoms with Crippen LogP contribution in [-0.4, -0.2) is 25.5 Å². The average Bonchev–Trinajstić information content (AvgIpc) is 2.36. The maximum absolute atomic E-state index is 12.4. The normalized spacial score (nSPS) is 11.2. The average molecular weight is 329 g/mol. The number of hydrogen-bond donors (Lipinski definition) is 2. The molecule has 2 aromatic rings.